The van der Waals surface area contributed by atoms with Gasteiger partial charge in [-0.15, -0.1) is 0 Å². The molecule has 5 heteroatoms. The highest BCUT2D eigenvalue weighted by Gasteiger charge is 2.18. The summed E-state index contributed by atoms with van der Waals surface area (Å²) in [5, 5.41) is 0.666. The minimum atomic E-state index is -0.0244. The largest absolute Gasteiger partial charge is 0.497 e. The van der Waals surface area contributed by atoms with Gasteiger partial charge in [0.2, 0.25) is 0 Å². The maximum atomic E-state index is 6.31. The van der Waals surface area contributed by atoms with Gasteiger partial charge in [0.1, 0.15) is 11.5 Å². The summed E-state index contributed by atoms with van der Waals surface area (Å²) in [6.45, 7) is 1.75. The second-order valence-electron chi connectivity index (χ2n) is 4.86. The molecule has 2 rings (SSSR count). The van der Waals surface area contributed by atoms with Crippen LogP contribution in [0.5, 0.6) is 11.5 Å². The molecule has 112 valence electrons. The monoisotopic (exact) mass is 297 g/mol. The summed E-state index contributed by atoms with van der Waals surface area (Å²) < 4.78 is 16.0. The molecule has 0 amide bonds. The van der Waals surface area contributed by atoms with Crippen LogP contribution in [-0.2, 0) is 4.74 Å². The average molecular weight is 297 g/mol. The van der Waals surface area contributed by atoms with Gasteiger partial charge < -0.3 is 19.9 Å². The smallest absolute Gasteiger partial charge is 0.127 e. The zero-order valence-corrected chi connectivity index (χ0v) is 12.9. The Morgan fingerprint density at radius 2 is 2.05 bits per heavy atom. The zero-order chi connectivity index (χ0) is 14.4. The van der Waals surface area contributed by atoms with Crippen molar-refractivity contribution in [2.45, 2.75) is 24.1 Å². The molecule has 1 fully saturated rings. The summed E-state index contributed by atoms with van der Waals surface area (Å²) in [5.41, 5.74) is 7.34. The number of benzene rings is 1. The number of nitrogens with two attached hydrogens (primary N) is 1. The molecule has 0 spiro atoms. The molecule has 1 saturated heterocycles. The molecule has 1 atom stereocenters. The highest BCUT2D eigenvalue weighted by molar-refractivity contribution is 7.99. The van der Waals surface area contributed by atoms with Crippen molar-refractivity contribution in [2.75, 3.05) is 33.2 Å². The van der Waals surface area contributed by atoms with E-state index in [2.05, 4.69) is 0 Å². The Morgan fingerprint density at radius 3 is 2.70 bits per heavy atom. The highest BCUT2D eigenvalue weighted by atomic mass is 32.2. The van der Waals surface area contributed by atoms with Gasteiger partial charge in [-0.2, -0.15) is 11.8 Å². The quantitative estimate of drug-likeness (QED) is 0.874. The van der Waals surface area contributed by atoms with Crippen molar-refractivity contribution in [3.05, 3.63) is 23.8 Å². The number of hydrogen-bond acceptors (Lipinski definition) is 5. The molecule has 20 heavy (non-hydrogen) atoms. The Bertz CT molecular complexity index is 422. The maximum absolute atomic E-state index is 6.31. The average Bonchev–Trinajstić information content (AvgIpc) is 2.52. The summed E-state index contributed by atoms with van der Waals surface area (Å²) >= 11 is 1.94. The van der Waals surface area contributed by atoms with Crippen LogP contribution in [0.2, 0.25) is 0 Å². The van der Waals surface area contributed by atoms with Crippen molar-refractivity contribution in [2.24, 2.45) is 5.73 Å². The van der Waals surface area contributed by atoms with Crippen molar-refractivity contribution < 1.29 is 14.2 Å². The van der Waals surface area contributed by atoms with Crippen LogP contribution in [0, 0.1) is 0 Å². The third-order valence-electron chi connectivity index (χ3n) is 3.52. The lowest BCUT2D eigenvalue weighted by Gasteiger charge is -2.23. The molecule has 1 aliphatic heterocycles. The summed E-state index contributed by atoms with van der Waals surface area (Å²) in [6.07, 6.45) is 2.24. The van der Waals surface area contributed by atoms with E-state index < -0.39 is 0 Å². The first kappa shape index (κ1) is 15.5. The lowest BCUT2D eigenvalue weighted by Crippen LogP contribution is -2.21. The second kappa shape index (κ2) is 7.76. The number of methoxy groups -OCH3 is 2. The molecule has 0 aliphatic carbocycles. The van der Waals surface area contributed by atoms with E-state index in [4.69, 9.17) is 19.9 Å². The van der Waals surface area contributed by atoms with E-state index in [0.717, 1.165) is 48.9 Å². The molecule has 0 radical (unpaired) electrons. The predicted octanol–water partition coefficient (Wildman–Crippen LogP) is 2.62. The Hall–Kier alpha value is -0.910. The number of rotatable bonds is 6. The van der Waals surface area contributed by atoms with E-state index >= 15 is 0 Å². The number of ether oxygens (including phenoxy) is 3. The first-order chi connectivity index (χ1) is 9.74. The lowest BCUT2D eigenvalue weighted by atomic mass is 10.1. The van der Waals surface area contributed by atoms with Crippen molar-refractivity contribution >= 4 is 11.8 Å². The fourth-order valence-corrected chi connectivity index (χ4v) is 3.48. The Labute approximate surface area is 125 Å². The SMILES string of the molecule is COc1ccc(C(N)CSC2CCOCC2)c(OC)c1. The fourth-order valence-electron chi connectivity index (χ4n) is 2.30. The molecule has 4 nitrogen and oxygen atoms in total. The normalized spacial score (nSPS) is 17.8. The highest BCUT2D eigenvalue weighted by Crippen LogP contribution is 2.32. The summed E-state index contributed by atoms with van der Waals surface area (Å²) in [6, 6.07) is 5.78. The van der Waals surface area contributed by atoms with Crippen LogP contribution in [0.15, 0.2) is 18.2 Å². The van der Waals surface area contributed by atoms with Crippen LogP contribution in [0.25, 0.3) is 0 Å². The van der Waals surface area contributed by atoms with Gasteiger partial charge in [0.15, 0.2) is 0 Å². The van der Waals surface area contributed by atoms with Crippen molar-refractivity contribution in [3.63, 3.8) is 0 Å². The minimum Gasteiger partial charge on any atom is -0.497 e. The van der Waals surface area contributed by atoms with Gasteiger partial charge in [-0.3, -0.25) is 0 Å². The van der Waals surface area contributed by atoms with Gasteiger partial charge in [0.25, 0.3) is 0 Å². The van der Waals surface area contributed by atoms with E-state index in [0.29, 0.717) is 5.25 Å². The first-order valence-electron chi connectivity index (χ1n) is 6.91. The predicted molar refractivity (Wildman–Crippen MR) is 82.8 cm³/mol. The summed E-state index contributed by atoms with van der Waals surface area (Å²) in [5.74, 6) is 2.48. The topological polar surface area (TPSA) is 53.7 Å². The molecule has 0 aromatic heterocycles. The van der Waals surface area contributed by atoms with Crippen LogP contribution in [0.1, 0.15) is 24.4 Å². The van der Waals surface area contributed by atoms with Crippen LogP contribution < -0.4 is 15.2 Å². The fraction of sp³-hybridized carbons (Fsp3) is 0.600. The number of thioether (sulfide) groups is 1. The van der Waals surface area contributed by atoms with Gasteiger partial charge >= 0.3 is 0 Å². The van der Waals surface area contributed by atoms with E-state index in [-0.39, 0.29) is 6.04 Å². The molecule has 1 unspecified atom stereocenters. The second-order valence-corrected chi connectivity index (χ2v) is 6.19. The van der Waals surface area contributed by atoms with Gasteiger partial charge in [-0.05, 0) is 18.9 Å². The Morgan fingerprint density at radius 1 is 1.30 bits per heavy atom. The molecule has 1 heterocycles. The third kappa shape index (κ3) is 4.04. The molecule has 1 aromatic rings. The van der Waals surface area contributed by atoms with E-state index in [9.17, 15) is 0 Å². The summed E-state index contributed by atoms with van der Waals surface area (Å²) in [7, 11) is 3.31. The van der Waals surface area contributed by atoms with Crippen molar-refractivity contribution in [1.82, 2.24) is 0 Å². The molecule has 0 saturated carbocycles. The van der Waals surface area contributed by atoms with Crippen LogP contribution >= 0.6 is 11.8 Å². The van der Waals surface area contributed by atoms with E-state index in [1.54, 1.807) is 14.2 Å². The molecule has 0 bridgehead atoms. The van der Waals surface area contributed by atoms with Crippen molar-refractivity contribution in [3.8, 4) is 11.5 Å². The Balaban J connectivity index is 1.95. The van der Waals surface area contributed by atoms with Gasteiger partial charge in [-0.1, -0.05) is 6.07 Å². The van der Waals surface area contributed by atoms with E-state index in [1.807, 2.05) is 30.0 Å². The van der Waals surface area contributed by atoms with Crippen LogP contribution in [-0.4, -0.2) is 38.4 Å². The van der Waals surface area contributed by atoms with Gasteiger partial charge in [-0.25, -0.2) is 0 Å². The summed E-state index contributed by atoms with van der Waals surface area (Å²) in [4.78, 5) is 0. The zero-order valence-electron chi connectivity index (χ0n) is 12.1. The number of hydrogen-bond donors (Lipinski definition) is 1. The molecule has 1 aromatic carbocycles. The lowest BCUT2D eigenvalue weighted by molar-refractivity contribution is 0.1000. The minimum absolute atomic E-state index is 0.0244. The standard InChI is InChI=1S/C15H23NO3S/c1-17-11-3-4-13(15(9-11)18-2)14(16)10-20-12-5-7-19-8-6-12/h3-4,9,12,14H,5-8,10,16H2,1-2H3. The van der Waals surface area contributed by atoms with Crippen molar-refractivity contribution in [1.29, 1.82) is 0 Å². The molecular formula is C15H23NO3S. The Kier molecular flexibility index (Phi) is 6.01. The van der Waals surface area contributed by atoms with Crippen LogP contribution in [0.3, 0.4) is 0 Å². The van der Waals surface area contributed by atoms with Crippen LogP contribution in [0.4, 0.5) is 0 Å². The molecule has 1 aliphatic rings. The van der Waals surface area contributed by atoms with E-state index in [1.165, 1.54) is 0 Å². The van der Waals surface area contributed by atoms with Gasteiger partial charge in [0, 0.05) is 41.9 Å². The molecule has 2 N–H and O–H groups in total. The first-order valence-corrected chi connectivity index (χ1v) is 7.96. The molecular weight excluding hydrogens is 274 g/mol. The van der Waals surface area contributed by atoms with Gasteiger partial charge in [0.05, 0.1) is 14.2 Å². The third-order valence-corrected chi connectivity index (χ3v) is 5.01. The maximum Gasteiger partial charge on any atom is 0.127 e.